The fraction of sp³-hybridized carbons (Fsp3) is 0.500. The summed E-state index contributed by atoms with van der Waals surface area (Å²) in [5.74, 6) is 1.15. The number of halogens is 1. The summed E-state index contributed by atoms with van der Waals surface area (Å²) in [5.41, 5.74) is 0.641. The summed E-state index contributed by atoms with van der Waals surface area (Å²) in [5, 5.41) is 4.28. The van der Waals surface area contributed by atoms with E-state index in [2.05, 4.69) is 29.1 Å². The number of nitrogens with zero attached hydrogens (tertiary/aromatic N) is 2. The van der Waals surface area contributed by atoms with Crippen molar-refractivity contribution in [2.24, 2.45) is 5.92 Å². The number of aromatic nitrogens is 2. The van der Waals surface area contributed by atoms with E-state index in [0.717, 1.165) is 6.54 Å². The van der Waals surface area contributed by atoms with Crippen LogP contribution in [0.2, 0.25) is 5.15 Å². The number of esters is 1. The highest BCUT2D eigenvalue weighted by Crippen LogP contribution is 2.33. The molecule has 0 saturated carbocycles. The molecule has 1 heterocycles. The summed E-state index contributed by atoms with van der Waals surface area (Å²) in [7, 11) is 1.54. The van der Waals surface area contributed by atoms with Crippen LogP contribution in [-0.2, 0) is 9.53 Å². The maximum absolute atomic E-state index is 11.3. The zero-order chi connectivity index (χ0) is 19.1. The second-order valence-electron chi connectivity index (χ2n) is 6.28. The lowest BCUT2D eigenvalue weighted by molar-refractivity contribution is -0.147. The number of hydrogen-bond acceptors (Lipinski definition) is 7. The molecule has 1 unspecified atom stereocenters. The zero-order valence-electron chi connectivity index (χ0n) is 15.4. The van der Waals surface area contributed by atoms with Gasteiger partial charge >= 0.3 is 5.97 Å². The molecule has 0 spiro atoms. The Morgan fingerprint density at radius 2 is 2.00 bits per heavy atom. The number of hydrogen-bond donors (Lipinski definition) is 1. The second kappa shape index (κ2) is 9.54. The maximum atomic E-state index is 11.3. The minimum absolute atomic E-state index is 0.186. The molecule has 0 aliphatic heterocycles. The van der Waals surface area contributed by atoms with Gasteiger partial charge in [0.2, 0.25) is 0 Å². The maximum Gasteiger partial charge on any atom is 0.303 e. The molecule has 7 nitrogen and oxygen atoms in total. The van der Waals surface area contributed by atoms with Crippen LogP contribution >= 0.6 is 11.6 Å². The van der Waals surface area contributed by atoms with E-state index >= 15 is 0 Å². The van der Waals surface area contributed by atoms with E-state index in [0.29, 0.717) is 40.0 Å². The summed E-state index contributed by atoms with van der Waals surface area (Å²) < 4.78 is 16.5. The lowest BCUT2D eigenvalue weighted by Crippen LogP contribution is -2.36. The minimum atomic E-state index is -0.416. The number of carbonyl (C=O) groups excluding carboxylic acids is 1. The van der Waals surface area contributed by atoms with Gasteiger partial charge in [0.05, 0.1) is 12.6 Å². The first kappa shape index (κ1) is 20.2. The lowest BCUT2D eigenvalue weighted by atomic mass is 10.2. The Bertz CT molecular complexity index is 755. The molecule has 2 aromatic rings. The fourth-order valence-electron chi connectivity index (χ4n) is 2.39. The van der Waals surface area contributed by atoms with Gasteiger partial charge in [0, 0.05) is 24.9 Å². The molecular weight excluding hydrogens is 358 g/mol. The summed E-state index contributed by atoms with van der Waals surface area (Å²) in [6.45, 7) is 7.11. The van der Waals surface area contributed by atoms with Gasteiger partial charge < -0.3 is 19.5 Å². The Labute approximate surface area is 158 Å². The van der Waals surface area contributed by atoms with Crippen LogP contribution in [0.1, 0.15) is 20.8 Å². The van der Waals surface area contributed by atoms with Crippen molar-refractivity contribution in [2.45, 2.75) is 26.9 Å². The molecule has 0 fully saturated rings. The van der Waals surface area contributed by atoms with Gasteiger partial charge in [-0.1, -0.05) is 25.4 Å². The molecule has 8 heteroatoms. The molecule has 0 aliphatic carbocycles. The van der Waals surface area contributed by atoms with Crippen molar-refractivity contribution in [1.82, 2.24) is 15.3 Å². The predicted octanol–water partition coefficient (Wildman–Crippen LogP) is 2.85. The van der Waals surface area contributed by atoms with Crippen LogP contribution in [0, 0.1) is 5.92 Å². The molecular formula is C18H24ClN3O4. The highest BCUT2D eigenvalue weighted by Gasteiger charge is 2.16. The molecule has 0 amide bonds. The molecule has 0 bridgehead atoms. The van der Waals surface area contributed by atoms with E-state index in [9.17, 15) is 4.79 Å². The molecule has 142 valence electrons. The number of fused-ring (bicyclic) bond motifs is 1. The molecule has 0 radical (unpaired) electrons. The molecule has 26 heavy (non-hydrogen) atoms. The fourth-order valence-corrected chi connectivity index (χ4v) is 2.58. The van der Waals surface area contributed by atoms with Gasteiger partial charge in [-0.25, -0.2) is 9.97 Å². The molecule has 1 atom stereocenters. The number of methoxy groups -OCH3 is 1. The molecule has 1 aromatic carbocycles. The number of ether oxygens (including phenoxy) is 3. The number of nitrogens with one attached hydrogen (secondary N) is 1. The van der Waals surface area contributed by atoms with E-state index in [1.54, 1.807) is 19.2 Å². The quantitative estimate of drug-likeness (QED) is 0.528. The Morgan fingerprint density at radius 1 is 1.23 bits per heavy atom. The average Bonchev–Trinajstić information content (AvgIpc) is 2.58. The van der Waals surface area contributed by atoms with Gasteiger partial charge in [0.1, 0.15) is 24.2 Å². The van der Waals surface area contributed by atoms with Gasteiger partial charge in [-0.05, 0) is 18.5 Å². The molecule has 1 N–H and O–H groups in total. The third-order valence-electron chi connectivity index (χ3n) is 3.55. The van der Waals surface area contributed by atoms with Crippen molar-refractivity contribution in [2.75, 3.05) is 26.8 Å². The van der Waals surface area contributed by atoms with Gasteiger partial charge in [0.25, 0.3) is 0 Å². The van der Waals surface area contributed by atoms with Gasteiger partial charge in [-0.15, -0.1) is 0 Å². The first-order valence-electron chi connectivity index (χ1n) is 8.39. The van der Waals surface area contributed by atoms with Crippen LogP contribution < -0.4 is 14.8 Å². The first-order valence-corrected chi connectivity index (χ1v) is 8.77. The van der Waals surface area contributed by atoms with Crippen LogP contribution in [0.3, 0.4) is 0 Å². The summed E-state index contributed by atoms with van der Waals surface area (Å²) in [6, 6.07) is 3.46. The molecule has 1 aromatic heterocycles. The van der Waals surface area contributed by atoms with Crippen molar-refractivity contribution >= 4 is 28.5 Å². The standard InChI is InChI=1S/C18H24ClN3O4/c1-11(2)7-20-8-13(26-12(3)23)9-25-17-6-15-14(5-16(17)24-4)18(19)22-10-21-15/h5-6,10-11,13,20H,7-9H2,1-4H3. The van der Waals surface area contributed by atoms with Crippen LogP contribution in [0.4, 0.5) is 0 Å². The van der Waals surface area contributed by atoms with E-state index < -0.39 is 6.10 Å². The molecule has 0 aliphatic rings. The Hall–Kier alpha value is -2.12. The summed E-state index contributed by atoms with van der Waals surface area (Å²) in [6.07, 6.45) is 0.971. The lowest BCUT2D eigenvalue weighted by Gasteiger charge is -2.20. The third-order valence-corrected chi connectivity index (χ3v) is 3.86. The summed E-state index contributed by atoms with van der Waals surface area (Å²) >= 11 is 6.09. The zero-order valence-corrected chi connectivity index (χ0v) is 16.2. The number of rotatable bonds is 9. The largest absolute Gasteiger partial charge is 0.493 e. The van der Waals surface area contributed by atoms with Crippen molar-refractivity contribution in [3.63, 3.8) is 0 Å². The summed E-state index contributed by atoms with van der Waals surface area (Å²) in [4.78, 5) is 19.5. The van der Waals surface area contributed by atoms with Crippen molar-refractivity contribution in [3.05, 3.63) is 23.6 Å². The smallest absolute Gasteiger partial charge is 0.303 e. The van der Waals surface area contributed by atoms with Gasteiger partial charge in [0.15, 0.2) is 11.5 Å². The average molecular weight is 382 g/mol. The normalized spacial score (nSPS) is 12.2. The van der Waals surface area contributed by atoms with Crippen molar-refractivity contribution in [3.8, 4) is 11.5 Å². The van der Waals surface area contributed by atoms with E-state index in [1.165, 1.54) is 13.3 Å². The second-order valence-corrected chi connectivity index (χ2v) is 6.64. The van der Waals surface area contributed by atoms with E-state index in [1.807, 2.05) is 0 Å². The van der Waals surface area contributed by atoms with Gasteiger partial charge in [-0.2, -0.15) is 0 Å². The van der Waals surface area contributed by atoms with Crippen LogP contribution in [0.5, 0.6) is 11.5 Å². The minimum Gasteiger partial charge on any atom is -0.493 e. The van der Waals surface area contributed by atoms with Crippen LogP contribution in [0.25, 0.3) is 10.9 Å². The van der Waals surface area contributed by atoms with E-state index in [4.69, 9.17) is 25.8 Å². The van der Waals surface area contributed by atoms with E-state index in [-0.39, 0.29) is 12.6 Å². The van der Waals surface area contributed by atoms with Gasteiger partial charge in [-0.3, -0.25) is 4.79 Å². The predicted molar refractivity (Wildman–Crippen MR) is 99.9 cm³/mol. The Balaban J connectivity index is 2.12. The molecule has 2 rings (SSSR count). The molecule has 0 saturated heterocycles. The van der Waals surface area contributed by atoms with Crippen LogP contribution in [-0.4, -0.2) is 48.8 Å². The number of benzene rings is 1. The number of carbonyl (C=O) groups is 1. The van der Waals surface area contributed by atoms with Crippen LogP contribution in [0.15, 0.2) is 18.5 Å². The first-order chi connectivity index (χ1) is 12.4. The van der Waals surface area contributed by atoms with Crippen molar-refractivity contribution < 1.29 is 19.0 Å². The highest BCUT2D eigenvalue weighted by molar-refractivity contribution is 6.34. The topological polar surface area (TPSA) is 82.6 Å². The monoisotopic (exact) mass is 381 g/mol. The highest BCUT2D eigenvalue weighted by atomic mass is 35.5. The Morgan fingerprint density at radius 3 is 2.65 bits per heavy atom. The Kier molecular flexibility index (Phi) is 7.41. The SMILES string of the molecule is COc1cc2c(Cl)ncnc2cc1OCC(CNCC(C)C)OC(C)=O. The third kappa shape index (κ3) is 5.71. The van der Waals surface area contributed by atoms with Crippen molar-refractivity contribution in [1.29, 1.82) is 0 Å².